The Morgan fingerprint density at radius 2 is 1.94 bits per heavy atom. The van der Waals surface area contributed by atoms with Crippen LogP contribution >= 0.6 is 0 Å². The van der Waals surface area contributed by atoms with E-state index in [9.17, 15) is 4.39 Å². The molecule has 1 aromatic rings. The van der Waals surface area contributed by atoms with E-state index in [0.29, 0.717) is 0 Å². The van der Waals surface area contributed by atoms with Crippen LogP contribution in [0.25, 0.3) is 0 Å². The molecule has 0 amide bonds. The van der Waals surface area contributed by atoms with Crippen LogP contribution in [0.2, 0.25) is 0 Å². The van der Waals surface area contributed by atoms with Crippen LogP contribution in [0.15, 0.2) is 24.3 Å². The lowest BCUT2D eigenvalue weighted by molar-refractivity contribution is 0.205. The van der Waals surface area contributed by atoms with E-state index in [1.165, 1.54) is 6.07 Å². The van der Waals surface area contributed by atoms with Gasteiger partial charge in [0.2, 0.25) is 0 Å². The van der Waals surface area contributed by atoms with Gasteiger partial charge in [-0.25, -0.2) is 4.39 Å². The molecule has 1 atom stereocenters. The maximum absolute atomic E-state index is 12.9. The van der Waals surface area contributed by atoms with E-state index >= 15 is 0 Å². The largest absolute Gasteiger partial charge is 0.393 e. The lowest BCUT2D eigenvalue weighted by Crippen LogP contribution is -1.98. The van der Waals surface area contributed by atoms with E-state index in [4.69, 9.17) is 5.11 Å². The molecule has 0 bridgehead atoms. The third-order valence-electron chi connectivity index (χ3n) is 2.64. The van der Waals surface area contributed by atoms with Crippen molar-refractivity contribution in [3.8, 4) is 0 Å². The van der Waals surface area contributed by atoms with Gasteiger partial charge >= 0.3 is 0 Å². The Balaban J connectivity index is 2.07. The normalized spacial score (nSPS) is 12.7. The molecule has 1 nitrogen and oxygen atoms in total. The molecule has 1 aromatic carbocycles. The predicted molar refractivity (Wildman–Crippen MR) is 64.6 cm³/mol. The summed E-state index contributed by atoms with van der Waals surface area (Å²) in [5.41, 5.74) is 1.07. The minimum atomic E-state index is -0.428. The molecule has 0 aliphatic heterocycles. The average molecular weight is 223 g/mol. The fraction of sp³-hybridized carbons (Fsp3) is 0.500. The fourth-order valence-corrected chi connectivity index (χ4v) is 1.76. The van der Waals surface area contributed by atoms with Gasteiger partial charge in [-0.15, -0.1) is 0 Å². The molecular formula is C14H20FO. The zero-order valence-electron chi connectivity index (χ0n) is 9.66. The number of hydrogen-bond donors (Lipinski definition) is 1. The van der Waals surface area contributed by atoms with Gasteiger partial charge in [-0.05, 0) is 43.9 Å². The molecule has 2 heteroatoms. The molecule has 1 N–H and O–H groups in total. The molecule has 0 saturated carbocycles. The van der Waals surface area contributed by atoms with Crippen LogP contribution in [0.5, 0.6) is 0 Å². The molecular weight excluding hydrogens is 203 g/mol. The first-order chi connectivity index (χ1) is 7.68. The van der Waals surface area contributed by atoms with Gasteiger partial charge < -0.3 is 5.11 Å². The van der Waals surface area contributed by atoms with E-state index in [-0.39, 0.29) is 5.82 Å². The summed E-state index contributed by atoms with van der Waals surface area (Å²) in [5, 5.41) is 8.96. The van der Waals surface area contributed by atoms with Crippen LogP contribution in [0, 0.1) is 12.7 Å². The average Bonchev–Trinajstić information content (AvgIpc) is 2.23. The SMILES string of the molecule is [CH2]C(O)CCCCCCc1cccc(F)c1. The van der Waals surface area contributed by atoms with Gasteiger partial charge in [-0.3, -0.25) is 0 Å². The molecule has 0 heterocycles. The number of hydrogen-bond acceptors (Lipinski definition) is 1. The van der Waals surface area contributed by atoms with E-state index in [2.05, 4.69) is 6.92 Å². The van der Waals surface area contributed by atoms with Gasteiger partial charge in [0.1, 0.15) is 5.82 Å². The second-order valence-corrected chi connectivity index (χ2v) is 4.24. The zero-order valence-corrected chi connectivity index (χ0v) is 9.66. The van der Waals surface area contributed by atoms with Crippen LogP contribution in [-0.2, 0) is 6.42 Å². The summed E-state index contributed by atoms with van der Waals surface area (Å²) in [6, 6.07) is 6.78. The summed E-state index contributed by atoms with van der Waals surface area (Å²) in [6.07, 6.45) is 5.63. The fourth-order valence-electron chi connectivity index (χ4n) is 1.76. The minimum absolute atomic E-state index is 0.155. The molecule has 0 aliphatic carbocycles. The first-order valence-corrected chi connectivity index (χ1v) is 5.94. The van der Waals surface area contributed by atoms with Gasteiger partial charge in [-0.2, -0.15) is 0 Å². The van der Waals surface area contributed by atoms with Gasteiger partial charge in [0.15, 0.2) is 0 Å². The Morgan fingerprint density at radius 3 is 2.62 bits per heavy atom. The van der Waals surface area contributed by atoms with Gasteiger partial charge in [0, 0.05) is 0 Å². The van der Waals surface area contributed by atoms with Crippen molar-refractivity contribution in [3.05, 3.63) is 42.6 Å². The Hall–Kier alpha value is -0.890. The van der Waals surface area contributed by atoms with E-state index in [1.54, 1.807) is 12.1 Å². The van der Waals surface area contributed by atoms with Crippen LogP contribution in [0.4, 0.5) is 4.39 Å². The second-order valence-electron chi connectivity index (χ2n) is 4.24. The number of unbranched alkanes of at least 4 members (excludes halogenated alkanes) is 3. The van der Waals surface area contributed by atoms with Crippen molar-refractivity contribution in [3.63, 3.8) is 0 Å². The molecule has 0 spiro atoms. The van der Waals surface area contributed by atoms with Crippen LogP contribution in [0.3, 0.4) is 0 Å². The van der Waals surface area contributed by atoms with Gasteiger partial charge in [0.05, 0.1) is 6.10 Å². The molecule has 0 aliphatic rings. The highest BCUT2D eigenvalue weighted by molar-refractivity contribution is 5.16. The van der Waals surface area contributed by atoms with Crippen LogP contribution < -0.4 is 0 Å². The van der Waals surface area contributed by atoms with Gasteiger partial charge in [0.25, 0.3) is 0 Å². The third-order valence-corrected chi connectivity index (χ3v) is 2.64. The van der Waals surface area contributed by atoms with E-state index < -0.39 is 6.10 Å². The maximum atomic E-state index is 12.9. The monoisotopic (exact) mass is 223 g/mol. The topological polar surface area (TPSA) is 20.2 Å². The summed E-state index contributed by atoms with van der Waals surface area (Å²) in [7, 11) is 0. The molecule has 16 heavy (non-hydrogen) atoms. The van der Waals surface area contributed by atoms with Crippen LogP contribution in [-0.4, -0.2) is 11.2 Å². The first-order valence-electron chi connectivity index (χ1n) is 5.94. The van der Waals surface area contributed by atoms with Crippen molar-refractivity contribution in [1.82, 2.24) is 0 Å². The Kier molecular flexibility index (Phi) is 6.09. The highest BCUT2D eigenvalue weighted by atomic mass is 19.1. The Morgan fingerprint density at radius 1 is 1.19 bits per heavy atom. The first kappa shape index (κ1) is 13.2. The van der Waals surface area contributed by atoms with E-state index in [0.717, 1.165) is 44.1 Å². The van der Waals surface area contributed by atoms with Crippen molar-refractivity contribution in [2.24, 2.45) is 0 Å². The van der Waals surface area contributed by atoms with Crippen LogP contribution in [0.1, 0.15) is 37.7 Å². The molecule has 89 valence electrons. The third kappa shape index (κ3) is 5.86. The lowest BCUT2D eigenvalue weighted by Gasteiger charge is -2.04. The van der Waals surface area contributed by atoms with Gasteiger partial charge in [-0.1, -0.05) is 31.4 Å². The number of aryl methyl sites for hydroxylation is 1. The maximum Gasteiger partial charge on any atom is 0.123 e. The number of rotatable bonds is 7. The smallest absolute Gasteiger partial charge is 0.123 e. The summed E-state index contributed by atoms with van der Waals surface area (Å²) in [6.45, 7) is 3.53. The quantitative estimate of drug-likeness (QED) is 0.701. The highest BCUT2D eigenvalue weighted by Crippen LogP contribution is 2.10. The zero-order chi connectivity index (χ0) is 11.8. The predicted octanol–water partition coefficient (Wildman–Crippen LogP) is 3.51. The Bertz CT molecular complexity index is 297. The Labute approximate surface area is 97.3 Å². The number of halogens is 1. The molecule has 0 fully saturated rings. The molecule has 1 rings (SSSR count). The number of aliphatic hydroxyl groups is 1. The summed E-state index contributed by atoms with van der Waals surface area (Å²) in [5.74, 6) is -0.155. The second kappa shape index (κ2) is 7.39. The summed E-state index contributed by atoms with van der Waals surface area (Å²) in [4.78, 5) is 0. The standard InChI is InChI=1S/C14H20FO/c1-12(16)7-4-2-3-5-8-13-9-6-10-14(15)11-13/h6,9-12,16H,1-5,7-8H2. The lowest BCUT2D eigenvalue weighted by atomic mass is 10.0. The molecule has 0 saturated heterocycles. The van der Waals surface area contributed by atoms with Crippen molar-refractivity contribution < 1.29 is 9.50 Å². The van der Waals surface area contributed by atoms with Crippen molar-refractivity contribution in [2.75, 3.05) is 0 Å². The summed E-state index contributed by atoms with van der Waals surface area (Å²) < 4.78 is 12.9. The number of benzene rings is 1. The molecule has 1 radical (unpaired) electrons. The van der Waals surface area contributed by atoms with Crippen molar-refractivity contribution >= 4 is 0 Å². The van der Waals surface area contributed by atoms with E-state index in [1.807, 2.05) is 6.07 Å². The van der Waals surface area contributed by atoms with Crippen molar-refractivity contribution in [1.29, 1.82) is 0 Å². The summed E-state index contributed by atoms with van der Waals surface area (Å²) >= 11 is 0. The minimum Gasteiger partial charge on any atom is -0.393 e. The van der Waals surface area contributed by atoms with Crippen molar-refractivity contribution in [2.45, 2.75) is 44.6 Å². The molecule has 1 unspecified atom stereocenters. The highest BCUT2D eigenvalue weighted by Gasteiger charge is 1.97. The number of aliphatic hydroxyl groups excluding tert-OH is 1. The molecule has 0 aromatic heterocycles.